The Hall–Kier alpha value is -2.58. The fraction of sp³-hybridized carbons (Fsp3) is 0.462. The monoisotopic (exact) mass is 521 g/mol. The molecular formula is C26H36ClN3O4S. The number of sulfonamides is 1. The molecule has 0 saturated carbocycles. The van der Waals surface area contributed by atoms with E-state index in [4.69, 9.17) is 11.6 Å². The molecule has 0 aliphatic carbocycles. The van der Waals surface area contributed by atoms with Crippen LogP contribution in [0.15, 0.2) is 42.5 Å². The van der Waals surface area contributed by atoms with E-state index in [0.717, 1.165) is 21.7 Å². The van der Waals surface area contributed by atoms with Crippen LogP contribution in [0.2, 0.25) is 5.02 Å². The Morgan fingerprint density at radius 3 is 2.14 bits per heavy atom. The summed E-state index contributed by atoms with van der Waals surface area (Å²) in [5.74, 6) is -0.754. The summed E-state index contributed by atoms with van der Waals surface area (Å²) in [7, 11) is -3.80. The van der Waals surface area contributed by atoms with Gasteiger partial charge in [0.2, 0.25) is 21.8 Å². The number of anilines is 1. The number of aryl methyl sites for hydroxylation is 2. The van der Waals surface area contributed by atoms with Gasteiger partial charge >= 0.3 is 0 Å². The van der Waals surface area contributed by atoms with Gasteiger partial charge in [-0.1, -0.05) is 48.4 Å². The van der Waals surface area contributed by atoms with Crippen LogP contribution in [0.25, 0.3) is 0 Å². The van der Waals surface area contributed by atoms with Crippen molar-refractivity contribution in [3.8, 4) is 0 Å². The molecule has 1 atom stereocenters. The highest BCUT2D eigenvalue weighted by molar-refractivity contribution is 7.92. The van der Waals surface area contributed by atoms with Gasteiger partial charge in [0, 0.05) is 17.1 Å². The van der Waals surface area contributed by atoms with Crippen LogP contribution in [0.1, 0.15) is 50.8 Å². The molecule has 0 spiro atoms. The largest absolute Gasteiger partial charge is 0.350 e. The smallest absolute Gasteiger partial charge is 0.244 e. The van der Waals surface area contributed by atoms with Crippen molar-refractivity contribution in [1.82, 2.24) is 10.2 Å². The molecule has 0 fully saturated rings. The van der Waals surface area contributed by atoms with Crippen molar-refractivity contribution in [1.29, 1.82) is 0 Å². The fourth-order valence-electron chi connectivity index (χ4n) is 3.76. The van der Waals surface area contributed by atoms with Crippen LogP contribution in [0.3, 0.4) is 0 Å². The number of rotatable bonds is 9. The van der Waals surface area contributed by atoms with Gasteiger partial charge in [-0.25, -0.2) is 8.42 Å². The minimum atomic E-state index is -3.80. The molecule has 2 aromatic rings. The topological polar surface area (TPSA) is 86.8 Å². The predicted octanol–water partition coefficient (Wildman–Crippen LogP) is 4.44. The number of nitrogens with zero attached hydrogens (tertiary/aromatic N) is 2. The average Bonchev–Trinajstić information content (AvgIpc) is 2.71. The van der Waals surface area contributed by atoms with Gasteiger partial charge in [-0.2, -0.15) is 0 Å². The van der Waals surface area contributed by atoms with E-state index in [1.807, 2.05) is 58.9 Å². The summed E-state index contributed by atoms with van der Waals surface area (Å²) in [6.45, 7) is 10.9. The summed E-state index contributed by atoms with van der Waals surface area (Å²) >= 11 is 6.05. The second kappa shape index (κ2) is 11.4. The summed E-state index contributed by atoms with van der Waals surface area (Å²) < 4.78 is 26.5. The molecule has 0 aromatic heterocycles. The fourth-order valence-corrected chi connectivity index (χ4v) is 4.89. The number of hydrogen-bond donors (Lipinski definition) is 1. The molecular weight excluding hydrogens is 486 g/mol. The number of amides is 2. The van der Waals surface area contributed by atoms with Crippen LogP contribution in [0.5, 0.6) is 0 Å². The van der Waals surface area contributed by atoms with E-state index in [-0.39, 0.29) is 12.5 Å². The van der Waals surface area contributed by atoms with Crippen molar-refractivity contribution in [3.63, 3.8) is 0 Å². The van der Waals surface area contributed by atoms with Gasteiger partial charge in [0.25, 0.3) is 0 Å². The number of carbonyl (C=O) groups is 2. The molecule has 2 amide bonds. The molecule has 0 aliphatic heterocycles. The van der Waals surface area contributed by atoms with Crippen LogP contribution >= 0.6 is 11.6 Å². The quantitative estimate of drug-likeness (QED) is 0.528. The summed E-state index contributed by atoms with van der Waals surface area (Å²) in [5.41, 5.74) is 2.43. The summed E-state index contributed by atoms with van der Waals surface area (Å²) in [6, 6.07) is 11.7. The molecule has 2 rings (SSSR count). The second-order valence-corrected chi connectivity index (χ2v) is 12.2. The third-order valence-corrected chi connectivity index (χ3v) is 6.83. The summed E-state index contributed by atoms with van der Waals surface area (Å²) in [5, 5.41) is 3.42. The molecule has 2 aromatic carbocycles. The zero-order valence-corrected chi connectivity index (χ0v) is 23.1. The number of carbonyl (C=O) groups excluding carboxylic acids is 2. The highest BCUT2D eigenvalue weighted by atomic mass is 35.5. The molecule has 0 saturated heterocycles. The van der Waals surface area contributed by atoms with Crippen molar-refractivity contribution in [2.75, 3.05) is 17.1 Å². The van der Waals surface area contributed by atoms with Gasteiger partial charge in [-0.15, -0.1) is 0 Å². The molecule has 7 nitrogen and oxygen atoms in total. The van der Waals surface area contributed by atoms with Gasteiger partial charge < -0.3 is 10.2 Å². The Labute approximate surface area is 214 Å². The van der Waals surface area contributed by atoms with Gasteiger partial charge in [-0.05, 0) is 70.4 Å². The van der Waals surface area contributed by atoms with Crippen molar-refractivity contribution < 1.29 is 18.0 Å². The minimum Gasteiger partial charge on any atom is -0.350 e. The maximum Gasteiger partial charge on any atom is 0.244 e. The molecule has 9 heteroatoms. The van der Waals surface area contributed by atoms with E-state index in [1.165, 1.54) is 4.90 Å². The first-order valence-corrected chi connectivity index (χ1v) is 13.8. The minimum absolute atomic E-state index is 0.173. The Morgan fingerprint density at radius 2 is 1.66 bits per heavy atom. The van der Waals surface area contributed by atoms with Crippen LogP contribution in [-0.2, 0) is 26.2 Å². The second-order valence-electron chi connectivity index (χ2n) is 9.87. The first-order valence-electron chi connectivity index (χ1n) is 11.5. The summed E-state index contributed by atoms with van der Waals surface area (Å²) in [4.78, 5) is 28.3. The zero-order chi connectivity index (χ0) is 26.6. The van der Waals surface area contributed by atoms with Crippen molar-refractivity contribution in [2.45, 2.75) is 66.1 Å². The molecule has 0 heterocycles. The lowest BCUT2D eigenvalue weighted by Gasteiger charge is -2.34. The Morgan fingerprint density at radius 1 is 1.06 bits per heavy atom. The maximum absolute atomic E-state index is 13.7. The van der Waals surface area contributed by atoms with E-state index in [0.29, 0.717) is 22.7 Å². The first kappa shape index (κ1) is 28.7. The van der Waals surface area contributed by atoms with E-state index in [2.05, 4.69) is 5.32 Å². The number of halogens is 1. The van der Waals surface area contributed by atoms with E-state index in [9.17, 15) is 18.0 Å². The number of benzene rings is 2. The van der Waals surface area contributed by atoms with Crippen molar-refractivity contribution >= 4 is 39.1 Å². The van der Waals surface area contributed by atoms with E-state index < -0.39 is 34.1 Å². The zero-order valence-electron chi connectivity index (χ0n) is 21.6. The lowest BCUT2D eigenvalue weighted by Crippen LogP contribution is -2.55. The third kappa shape index (κ3) is 8.25. The number of nitrogens with one attached hydrogen (secondary N) is 1. The van der Waals surface area contributed by atoms with Crippen molar-refractivity contribution in [3.05, 3.63) is 64.2 Å². The Kier molecular flexibility index (Phi) is 9.36. The highest BCUT2D eigenvalue weighted by Crippen LogP contribution is 2.26. The SMILES string of the molecule is CC[C@H](C(=O)NC(C)(C)C)N(Cc1ccc(C)cc1)C(=O)CN(c1ccc(Cl)cc1C)S(C)(=O)=O. The average molecular weight is 522 g/mol. The Balaban J connectivity index is 2.48. The van der Waals surface area contributed by atoms with Crippen LogP contribution in [0.4, 0.5) is 5.69 Å². The van der Waals surface area contributed by atoms with E-state index >= 15 is 0 Å². The van der Waals surface area contributed by atoms with Crippen LogP contribution in [-0.4, -0.2) is 49.5 Å². The molecule has 0 aliphatic rings. The molecule has 0 bridgehead atoms. The van der Waals surface area contributed by atoms with Gasteiger partial charge in [0.05, 0.1) is 11.9 Å². The molecule has 0 radical (unpaired) electrons. The molecule has 0 unspecified atom stereocenters. The van der Waals surface area contributed by atoms with Crippen LogP contribution in [0, 0.1) is 13.8 Å². The number of hydrogen-bond acceptors (Lipinski definition) is 4. The highest BCUT2D eigenvalue weighted by Gasteiger charge is 2.33. The van der Waals surface area contributed by atoms with Crippen molar-refractivity contribution in [2.24, 2.45) is 0 Å². The maximum atomic E-state index is 13.7. The standard InChI is InChI=1S/C26H36ClN3O4S/c1-8-22(25(32)28-26(4,5)6)29(16-20-11-9-18(2)10-12-20)24(31)17-30(35(7,33)34)23-14-13-21(27)15-19(23)3/h9-15,22H,8,16-17H2,1-7H3,(H,28,32)/t22-/m1/s1. The molecule has 1 N–H and O–H groups in total. The van der Waals surface area contributed by atoms with Gasteiger partial charge in [0.1, 0.15) is 12.6 Å². The molecule has 192 valence electrons. The third-order valence-electron chi connectivity index (χ3n) is 5.46. The van der Waals surface area contributed by atoms with Gasteiger partial charge in [-0.3, -0.25) is 13.9 Å². The predicted molar refractivity (Wildman–Crippen MR) is 142 cm³/mol. The summed E-state index contributed by atoms with van der Waals surface area (Å²) in [6.07, 6.45) is 1.43. The lowest BCUT2D eigenvalue weighted by molar-refractivity contribution is -0.141. The first-order chi connectivity index (χ1) is 16.1. The van der Waals surface area contributed by atoms with Crippen LogP contribution < -0.4 is 9.62 Å². The van der Waals surface area contributed by atoms with Gasteiger partial charge in [0.15, 0.2) is 0 Å². The lowest BCUT2D eigenvalue weighted by atomic mass is 10.1. The Bertz CT molecular complexity index is 1160. The molecule has 35 heavy (non-hydrogen) atoms. The normalized spacial score (nSPS) is 12.7. The van der Waals surface area contributed by atoms with E-state index in [1.54, 1.807) is 25.1 Å².